The average Bonchev–Trinajstić information content (AvgIpc) is 3.87. The van der Waals surface area contributed by atoms with E-state index in [1.807, 2.05) is 6.92 Å². The summed E-state index contributed by atoms with van der Waals surface area (Å²) in [5.41, 5.74) is 2.68. The van der Waals surface area contributed by atoms with Crippen molar-refractivity contribution in [3.63, 3.8) is 0 Å². The van der Waals surface area contributed by atoms with Gasteiger partial charge in [0.2, 0.25) is 0 Å². The number of unbranched alkanes of at least 4 members (excludes halogenated alkanes) is 2. The summed E-state index contributed by atoms with van der Waals surface area (Å²) in [5, 5.41) is 47.1. The van der Waals surface area contributed by atoms with Crippen LogP contribution < -0.4 is 29.5 Å². The van der Waals surface area contributed by atoms with Crippen molar-refractivity contribution >= 4 is 63.4 Å². The van der Waals surface area contributed by atoms with E-state index < -0.39 is 29.9 Å². The Kier molecular flexibility index (Phi) is 19.0. The largest absolute Gasteiger partial charge is 0.493 e. The minimum Gasteiger partial charge on any atom is -0.493 e. The number of anilines is 2. The van der Waals surface area contributed by atoms with Gasteiger partial charge in [-0.3, -0.25) is 25.0 Å². The zero-order chi connectivity index (χ0) is 47.2. The predicted octanol–water partition coefficient (Wildman–Crippen LogP) is 8.05. The van der Waals surface area contributed by atoms with Crippen LogP contribution in [0.3, 0.4) is 0 Å². The number of hydrogen-bond donors (Lipinski definition) is 5. The molecule has 2 saturated carbocycles. The molecule has 2 unspecified atom stereocenters. The SMILES string of the molecule is C=C1CC(C(=O)c2cc(OC)c(OCCCCCOc3cc(NC(=O)OC[C@H](C)SSc4ccc([N+](=O)[O-])cn4)c(C(=O)C4CC(=C)C[C@H]4CO)cc3OC)cc2NB(C)O)[C@H](CO)C1. The summed E-state index contributed by atoms with van der Waals surface area (Å²) in [5.74, 6) is -0.727. The van der Waals surface area contributed by atoms with Crippen molar-refractivity contribution in [1.82, 2.24) is 4.98 Å². The van der Waals surface area contributed by atoms with E-state index in [0.717, 1.165) is 11.1 Å². The normalized spacial score (nSPS) is 18.4. The summed E-state index contributed by atoms with van der Waals surface area (Å²) in [4.78, 5) is 55.5. The first kappa shape index (κ1) is 50.7. The highest BCUT2D eigenvalue weighted by Gasteiger charge is 2.38. The molecule has 2 aliphatic carbocycles. The Bertz CT molecular complexity index is 2200. The van der Waals surface area contributed by atoms with Crippen LogP contribution >= 0.6 is 21.6 Å². The number of hydrogen-bond acceptors (Lipinski definition) is 17. The molecule has 5 N–H and O–H groups in total. The van der Waals surface area contributed by atoms with Gasteiger partial charge in [-0.25, -0.2) is 9.78 Å². The number of pyridine rings is 1. The van der Waals surface area contributed by atoms with Gasteiger partial charge < -0.3 is 44.1 Å². The molecule has 0 aliphatic heterocycles. The number of nitrogens with one attached hydrogen (secondary N) is 2. The summed E-state index contributed by atoms with van der Waals surface area (Å²) in [6.45, 7) is 11.7. The molecule has 0 radical (unpaired) electrons. The Labute approximate surface area is 386 Å². The molecular formula is C45H57BN4O13S2. The van der Waals surface area contributed by atoms with Crippen molar-refractivity contribution < 1.29 is 58.2 Å². The molecule has 2 aliphatic rings. The third-order valence-electron chi connectivity index (χ3n) is 11.1. The molecule has 0 spiro atoms. The number of rotatable bonds is 25. The van der Waals surface area contributed by atoms with E-state index >= 15 is 0 Å². The number of nitro groups is 1. The first-order chi connectivity index (χ1) is 31.1. The van der Waals surface area contributed by atoms with Gasteiger partial charge in [0.05, 0.1) is 38.0 Å². The number of ether oxygens (including phenoxy) is 5. The molecule has 0 bridgehead atoms. The number of ketones is 2. The average molecular weight is 937 g/mol. The number of aromatic nitrogens is 1. The Balaban J connectivity index is 1.20. The van der Waals surface area contributed by atoms with Gasteiger partial charge in [-0.05, 0) is 99.5 Å². The summed E-state index contributed by atoms with van der Waals surface area (Å²) in [7, 11) is 4.61. The smallest absolute Gasteiger partial charge is 0.411 e. The maximum atomic E-state index is 14.0. The van der Waals surface area contributed by atoms with Crippen LogP contribution in [0.15, 0.2) is 71.9 Å². The Morgan fingerprint density at radius 3 is 1.88 bits per heavy atom. The Morgan fingerprint density at radius 1 is 0.862 bits per heavy atom. The van der Waals surface area contributed by atoms with Crippen molar-refractivity contribution in [3.05, 3.63) is 88.1 Å². The van der Waals surface area contributed by atoms with Gasteiger partial charge in [0.1, 0.15) is 17.8 Å². The lowest BCUT2D eigenvalue weighted by Gasteiger charge is -2.21. The van der Waals surface area contributed by atoms with Gasteiger partial charge in [-0.15, -0.1) is 0 Å². The van der Waals surface area contributed by atoms with E-state index in [-0.39, 0.29) is 83.5 Å². The summed E-state index contributed by atoms with van der Waals surface area (Å²) in [6.07, 6.45) is 4.23. The van der Waals surface area contributed by atoms with Crippen molar-refractivity contribution in [3.8, 4) is 23.0 Å². The number of Topliss-reactive ketones (excluding diaryl/α,β-unsaturated/α-hetero) is 2. The molecular weight excluding hydrogens is 879 g/mol. The van der Waals surface area contributed by atoms with Gasteiger partial charge in [-0.2, -0.15) is 0 Å². The molecule has 20 heteroatoms. The van der Waals surface area contributed by atoms with E-state index in [4.69, 9.17) is 23.7 Å². The van der Waals surface area contributed by atoms with Crippen LogP contribution in [0.1, 0.15) is 72.6 Å². The third-order valence-corrected chi connectivity index (χ3v) is 13.9. The van der Waals surface area contributed by atoms with Gasteiger partial charge in [-0.1, -0.05) is 35.1 Å². The number of aliphatic hydroxyl groups excluding tert-OH is 2. The van der Waals surface area contributed by atoms with Gasteiger partial charge >= 0.3 is 13.1 Å². The number of amides is 1. The molecule has 1 amide bonds. The Hall–Kier alpha value is -5.28. The van der Waals surface area contributed by atoms with E-state index in [2.05, 4.69) is 28.7 Å². The van der Waals surface area contributed by atoms with Crippen LogP contribution in [0.25, 0.3) is 0 Å². The van der Waals surface area contributed by atoms with Crippen molar-refractivity contribution in [1.29, 1.82) is 0 Å². The van der Waals surface area contributed by atoms with Crippen LogP contribution in [-0.2, 0) is 4.74 Å². The molecule has 0 saturated heterocycles. The number of aliphatic hydroxyl groups is 2. The molecule has 1 aromatic heterocycles. The number of benzene rings is 2. The summed E-state index contributed by atoms with van der Waals surface area (Å²) in [6, 6.07) is 9.17. The van der Waals surface area contributed by atoms with Gasteiger partial charge in [0, 0.05) is 65.3 Å². The second kappa shape index (κ2) is 24.3. The summed E-state index contributed by atoms with van der Waals surface area (Å²) < 4.78 is 29.0. The van der Waals surface area contributed by atoms with Gasteiger partial charge in [0.15, 0.2) is 34.6 Å². The first-order valence-electron chi connectivity index (χ1n) is 21.3. The first-order valence-corrected chi connectivity index (χ1v) is 23.5. The van der Waals surface area contributed by atoms with Gasteiger partial charge in [0.25, 0.3) is 5.69 Å². The summed E-state index contributed by atoms with van der Waals surface area (Å²) >= 11 is 0. The number of nitrogens with zero attached hydrogens (tertiary/aromatic N) is 2. The maximum Gasteiger partial charge on any atom is 0.411 e. The molecule has 5 atom stereocenters. The van der Waals surface area contributed by atoms with E-state index in [0.29, 0.717) is 79.3 Å². The molecule has 5 rings (SSSR count). The molecule has 350 valence electrons. The second-order valence-electron chi connectivity index (χ2n) is 16.1. The highest BCUT2D eigenvalue weighted by Crippen LogP contribution is 2.43. The molecule has 1 heterocycles. The fourth-order valence-electron chi connectivity index (χ4n) is 7.84. The number of allylic oxidation sites excluding steroid dienone is 2. The highest BCUT2D eigenvalue weighted by atomic mass is 33.1. The zero-order valence-corrected chi connectivity index (χ0v) is 38.7. The lowest BCUT2D eigenvalue weighted by Crippen LogP contribution is -2.25. The van der Waals surface area contributed by atoms with E-state index in [1.165, 1.54) is 66.3 Å². The van der Waals surface area contributed by atoms with E-state index in [9.17, 15) is 39.7 Å². The number of carbonyl (C=O) groups excluding carboxylic acids is 3. The van der Waals surface area contributed by atoms with E-state index in [1.54, 1.807) is 19.0 Å². The van der Waals surface area contributed by atoms with Crippen LogP contribution in [0.4, 0.5) is 21.9 Å². The molecule has 2 fully saturated rings. The standard InChI is InChI=1S/C45H57BN4O13S2/c1-26-14-29(23-51)32(16-26)43(53)34-18-38(59-5)40(20-36(34)48-45(55)63-25-28(3)64-65-42-11-10-31(22-47-42)50(57)58)61-12-8-7-9-13-62-41-21-37(49-46(4)56)35(19-39(41)60-6)44(54)33-17-27(2)15-30(33)24-52/h10-11,18-22,28-30,32-33,49,51-52,56H,1-2,7-9,12-17,23-25H2,3-6H3,(H,48,55)/t28-,29-,30-,32?,33?/m0/s1. The van der Waals surface area contributed by atoms with Crippen LogP contribution in [0.2, 0.25) is 6.82 Å². The zero-order valence-electron chi connectivity index (χ0n) is 37.0. The minimum atomic E-state index is -0.961. The van der Waals surface area contributed by atoms with Crippen molar-refractivity contribution in [2.24, 2.45) is 23.7 Å². The minimum absolute atomic E-state index is 0.00126. The van der Waals surface area contributed by atoms with Crippen molar-refractivity contribution in [2.45, 2.75) is 69.0 Å². The number of methoxy groups -OCH3 is 2. The van der Waals surface area contributed by atoms with Crippen molar-refractivity contribution in [2.75, 3.05) is 57.8 Å². The quantitative estimate of drug-likeness (QED) is 0.0103. The second-order valence-corrected chi connectivity index (χ2v) is 18.8. The predicted molar refractivity (Wildman–Crippen MR) is 251 cm³/mol. The third kappa shape index (κ3) is 13.9. The topological polar surface area (TPSA) is 238 Å². The monoisotopic (exact) mass is 936 g/mol. The lowest BCUT2D eigenvalue weighted by atomic mass is 9.84. The maximum absolute atomic E-state index is 14.0. The molecule has 2 aromatic carbocycles. The van der Waals surface area contributed by atoms with Crippen LogP contribution in [0, 0.1) is 33.8 Å². The fourth-order valence-corrected chi connectivity index (χ4v) is 9.69. The van der Waals surface area contributed by atoms with Crippen LogP contribution in [-0.4, -0.2) is 102 Å². The number of carbonyl (C=O) groups is 3. The molecule has 3 aromatic rings. The molecule has 65 heavy (non-hydrogen) atoms. The fraction of sp³-hybridized carbons (Fsp3) is 0.467. The lowest BCUT2D eigenvalue weighted by molar-refractivity contribution is -0.385. The Morgan fingerprint density at radius 2 is 1.40 bits per heavy atom. The molecule has 17 nitrogen and oxygen atoms in total. The highest BCUT2D eigenvalue weighted by molar-refractivity contribution is 8.76. The van der Waals surface area contributed by atoms with Crippen LogP contribution in [0.5, 0.6) is 23.0 Å².